The Kier molecular flexibility index (Phi) is 6.23. The summed E-state index contributed by atoms with van der Waals surface area (Å²) in [5, 5.41) is 19.5. The maximum Gasteiger partial charge on any atom is 0.178 e. The van der Waals surface area contributed by atoms with Gasteiger partial charge in [-0.25, -0.2) is 18.2 Å². The van der Waals surface area contributed by atoms with Crippen LogP contribution in [0.15, 0.2) is 17.6 Å². The minimum Gasteiger partial charge on any atom is -0.490 e. The molecule has 4 heterocycles. The third-order valence-electron chi connectivity index (χ3n) is 6.15. The average Bonchev–Trinajstić information content (AvgIpc) is 3.52. The summed E-state index contributed by atoms with van der Waals surface area (Å²) < 4.78 is 56.1. The molecule has 0 saturated carbocycles. The molecule has 1 saturated heterocycles. The van der Waals surface area contributed by atoms with Gasteiger partial charge in [-0.05, 0) is 18.9 Å². The van der Waals surface area contributed by atoms with Crippen LogP contribution in [0, 0.1) is 11.6 Å². The number of aryl methyl sites for hydroxylation is 1. The number of halogens is 3. The molecule has 4 N–H and O–H groups in total. The fraction of sp³-hybridized carbons (Fsp3) is 0.455. The van der Waals surface area contributed by atoms with Crippen LogP contribution in [-0.4, -0.2) is 45.3 Å². The van der Waals surface area contributed by atoms with Crippen molar-refractivity contribution in [2.45, 2.75) is 43.8 Å². The van der Waals surface area contributed by atoms with Gasteiger partial charge in [0.2, 0.25) is 0 Å². The largest absolute Gasteiger partial charge is 0.490 e. The van der Waals surface area contributed by atoms with E-state index in [9.17, 15) is 18.3 Å². The van der Waals surface area contributed by atoms with Gasteiger partial charge in [-0.3, -0.25) is 4.68 Å². The van der Waals surface area contributed by atoms with Gasteiger partial charge in [0.05, 0.1) is 36.4 Å². The molecule has 5 rings (SSSR count). The number of thiazole rings is 1. The van der Waals surface area contributed by atoms with E-state index in [1.165, 1.54) is 17.6 Å². The van der Waals surface area contributed by atoms with Crippen LogP contribution < -0.4 is 15.8 Å². The zero-order chi connectivity index (χ0) is 24.0. The zero-order valence-electron chi connectivity index (χ0n) is 18.3. The number of benzene rings is 1. The molecule has 0 aliphatic carbocycles. The molecule has 12 heteroatoms. The van der Waals surface area contributed by atoms with Crippen LogP contribution in [0.3, 0.4) is 0 Å². The highest BCUT2D eigenvalue weighted by Gasteiger charge is 2.30. The number of fused-ring (bicyclic) bond motifs is 1. The van der Waals surface area contributed by atoms with Gasteiger partial charge < -0.3 is 25.6 Å². The SMILES string of the molecule is Cn1ncc(NC(O)c2csc(-c3c(F)cc4c(c3F)OCC4)n2)c1[C@@H]1CC[C@@H](N)[C@H](F)CO1. The number of nitrogens with one attached hydrogen (secondary N) is 1. The minimum absolute atomic E-state index is 0.0467. The van der Waals surface area contributed by atoms with Crippen LogP contribution in [0.25, 0.3) is 10.6 Å². The van der Waals surface area contributed by atoms with Crippen molar-refractivity contribution in [1.82, 2.24) is 14.8 Å². The number of aliphatic hydroxyl groups is 1. The molecule has 34 heavy (non-hydrogen) atoms. The minimum atomic E-state index is -1.29. The maximum atomic E-state index is 14.9. The van der Waals surface area contributed by atoms with E-state index in [-0.39, 0.29) is 28.6 Å². The van der Waals surface area contributed by atoms with E-state index in [4.69, 9.17) is 15.2 Å². The number of hydrogen-bond donors (Lipinski definition) is 3. The lowest BCUT2D eigenvalue weighted by atomic mass is 10.0. The molecule has 3 aromatic rings. The lowest BCUT2D eigenvalue weighted by Gasteiger charge is -2.19. The Labute approximate surface area is 197 Å². The molecule has 182 valence electrons. The molecule has 8 nitrogen and oxygen atoms in total. The summed E-state index contributed by atoms with van der Waals surface area (Å²) in [6.45, 7) is 0.174. The van der Waals surface area contributed by atoms with Gasteiger partial charge in [0.15, 0.2) is 17.8 Å². The number of alkyl halides is 1. The first-order valence-electron chi connectivity index (χ1n) is 10.9. The molecule has 1 fully saturated rings. The third kappa shape index (κ3) is 4.15. The lowest BCUT2D eigenvalue weighted by Crippen LogP contribution is -2.32. The predicted molar refractivity (Wildman–Crippen MR) is 119 cm³/mol. The van der Waals surface area contributed by atoms with E-state index in [0.29, 0.717) is 42.8 Å². The summed E-state index contributed by atoms with van der Waals surface area (Å²) >= 11 is 1.01. The molecule has 1 aromatic carbocycles. The first kappa shape index (κ1) is 23.1. The molecule has 0 bridgehead atoms. The first-order valence-corrected chi connectivity index (χ1v) is 11.8. The van der Waals surface area contributed by atoms with E-state index >= 15 is 0 Å². The smallest absolute Gasteiger partial charge is 0.178 e. The molecule has 2 aromatic heterocycles. The van der Waals surface area contributed by atoms with E-state index in [0.717, 1.165) is 11.3 Å². The number of aromatic nitrogens is 3. The first-order chi connectivity index (χ1) is 16.3. The van der Waals surface area contributed by atoms with Crippen molar-refractivity contribution in [2.24, 2.45) is 12.8 Å². The van der Waals surface area contributed by atoms with E-state index in [2.05, 4.69) is 15.4 Å². The highest BCUT2D eigenvalue weighted by molar-refractivity contribution is 7.13. The van der Waals surface area contributed by atoms with E-state index in [1.807, 2.05) is 0 Å². The summed E-state index contributed by atoms with van der Waals surface area (Å²) in [5.74, 6) is -1.47. The average molecular weight is 496 g/mol. The van der Waals surface area contributed by atoms with Gasteiger partial charge in [-0.2, -0.15) is 5.10 Å². The van der Waals surface area contributed by atoms with E-state index in [1.54, 1.807) is 11.7 Å². The van der Waals surface area contributed by atoms with Crippen molar-refractivity contribution in [1.29, 1.82) is 0 Å². The van der Waals surface area contributed by atoms with Crippen molar-refractivity contribution in [3.63, 3.8) is 0 Å². The van der Waals surface area contributed by atoms with Crippen molar-refractivity contribution >= 4 is 17.0 Å². The molecular formula is C22H24F3N5O3S. The monoisotopic (exact) mass is 495 g/mol. The highest BCUT2D eigenvalue weighted by Crippen LogP contribution is 2.39. The van der Waals surface area contributed by atoms with Crippen LogP contribution >= 0.6 is 11.3 Å². The molecule has 2 aliphatic heterocycles. The van der Waals surface area contributed by atoms with Crippen LogP contribution in [0.5, 0.6) is 5.75 Å². The summed E-state index contributed by atoms with van der Waals surface area (Å²) in [6.07, 6.45) is -0.0997. The number of hydrogen-bond acceptors (Lipinski definition) is 8. The number of ether oxygens (including phenoxy) is 2. The Balaban J connectivity index is 1.37. The number of rotatable bonds is 5. The van der Waals surface area contributed by atoms with Crippen molar-refractivity contribution < 1.29 is 27.8 Å². The number of nitrogens with zero attached hydrogens (tertiary/aromatic N) is 3. The lowest BCUT2D eigenvalue weighted by molar-refractivity contribution is 0.0246. The van der Waals surface area contributed by atoms with E-state index < -0.39 is 36.2 Å². The topological polar surface area (TPSA) is 107 Å². The number of nitrogens with two attached hydrogens (primary N) is 1. The quantitative estimate of drug-likeness (QED) is 0.466. The van der Waals surface area contributed by atoms with Crippen LogP contribution in [0.1, 0.15) is 42.1 Å². The summed E-state index contributed by atoms with van der Waals surface area (Å²) in [6, 6.07) is 0.665. The Morgan fingerprint density at radius 1 is 1.35 bits per heavy atom. The second-order valence-corrected chi connectivity index (χ2v) is 9.26. The molecule has 2 aliphatic rings. The summed E-state index contributed by atoms with van der Waals surface area (Å²) in [4.78, 5) is 4.25. The molecule has 0 radical (unpaired) electrons. The Morgan fingerprint density at radius 3 is 3.00 bits per heavy atom. The van der Waals surface area contributed by atoms with Crippen molar-refractivity contribution in [3.05, 3.63) is 46.2 Å². The fourth-order valence-electron chi connectivity index (χ4n) is 4.29. The van der Waals surface area contributed by atoms with Crippen molar-refractivity contribution in [3.8, 4) is 16.3 Å². The molecule has 0 spiro atoms. The van der Waals surface area contributed by atoms with Crippen LogP contribution in [-0.2, 0) is 18.2 Å². The van der Waals surface area contributed by atoms with Crippen LogP contribution in [0.4, 0.5) is 18.9 Å². The maximum absolute atomic E-state index is 14.9. The Bertz CT molecular complexity index is 1190. The Morgan fingerprint density at radius 2 is 2.18 bits per heavy atom. The molecule has 1 unspecified atom stereocenters. The fourth-order valence-corrected chi connectivity index (χ4v) is 5.17. The van der Waals surface area contributed by atoms with Gasteiger partial charge in [0.25, 0.3) is 0 Å². The predicted octanol–water partition coefficient (Wildman–Crippen LogP) is 3.38. The van der Waals surface area contributed by atoms with Gasteiger partial charge in [0.1, 0.15) is 28.8 Å². The molecule has 4 atom stereocenters. The Hall–Kier alpha value is -2.67. The van der Waals surface area contributed by atoms with Gasteiger partial charge >= 0.3 is 0 Å². The normalized spacial score (nSPS) is 23.3. The highest BCUT2D eigenvalue weighted by atomic mass is 32.1. The number of aliphatic hydroxyl groups excluding tert-OH is 1. The van der Waals surface area contributed by atoms with Gasteiger partial charge in [-0.15, -0.1) is 11.3 Å². The molecule has 0 amide bonds. The summed E-state index contributed by atoms with van der Waals surface area (Å²) in [7, 11) is 1.72. The van der Waals surface area contributed by atoms with Crippen molar-refractivity contribution in [2.75, 3.05) is 18.5 Å². The zero-order valence-corrected chi connectivity index (χ0v) is 19.1. The third-order valence-corrected chi connectivity index (χ3v) is 7.03. The second kappa shape index (κ2) is 9.17. The standard InChI is InChI=1S/C22H24F3N5O3S/c1-30-19(16-3-2-13(26)12(24)8-33-16)14(7-27-30)28-21(31)15-9-34-22(29-15)17-11(23)6-10-4-5-32-20(10)18(17)25/h6-7,9,12-13,16,21,28,31H,2-5,8,26H2,1H3/t12-,13-,16+,21?/m1/s1. The number of anilines is 1. The second-order valence-electron chi connectivity index (χ2n) is 8.40. The van der Waals surface area contributed by atoms with Gasteiger partial charge in [-0.1, -0.05) is 0 Å². The van der Waals surface area contributed by atoms with Crippen LogP contribution in [0.2, 0.25) is 0 Å². The summed E-state index contributed by atoms with van der Waals surface area (Å²) in [5.41, 5.74) is 7.32. The van der Waals surface area contributed by atoms with Gasteiger partial charge in [0, 0.05) is 30.5 Å². The molecular weight excluding hydrogens is 471 g/mol.